The number of amides is 2. The molecule has 0 unspecified atom stereocenters. The Morgan fingerprint density at radius 2 is 1.97 bits per heavy atom. The molecule has 1 fully saturated rings. The number of carbonyl (C=O) groups excluding carboxylic acids is 2. The molecule has 2 aliphatic rings. The fourth-order valence-electron chi connectivity index (χ4n) is 4.84. The van der Waals surface area contributed by atoms with Gasteiger partial charge in [0.15, 0.2) is 0 Å². The zero-order valence-electron chi connectivity index (χ0n) is 19.0. The van der Waals surface area contributed by atoms with E-state index in [0.29, 0.717) is 24.6 Å². The normalized spacial score (nSPS) is 20.6. The first-order chi connectivity index (χ1) is 15.4. The zero-order chi connectivity index (χ0) is 22.7. The van der Waals surface area contributed by atoms with E-state index < -0.39 is 0 Å². The topological polar surface area (TPSA) is 81.7 Å². The molecule has 1 heterocycles. The highest BCUT2D eigenvalue weighted by Gasteiger charge is 2.27. The van der Waals surface area contributed by atoms with Gasteiger partial charge in [-0.1, -0.05) is 30.7 Å². The van der Waals surface area contributed by atoms with Crippen molar-refractivity contribution in [2.75, 3.05) is 13.6 Å². The van der Waals surface area contributed by atoms with Crippen LogP contribution in [0.15, 0.2) is 36.4 Å². The summed E-state index contributed by atoms with van der Waals surface area (Å²) >= 11 is 0. The minimum atomic E-state index is -0.210. The molecule has 0 radical (unpaired) electrons. The quantitative estimate of drug-likeness (QED) is 0.648. The highest BCUT2D eigenvalue weighted by Crippen LogP contribution is 2.32. The molecule has 0 spiro atoms. The third-order valence-corrected chi connectivity index (χ3v) is 6.89. The van der Waals surface area contributed by atoms with Crippen LogP contribution in [-0.2, 0) is 17.8 Å². The summed E-state index contributed by atoms with van der Waals surface area (Å²) in [5.74, 6) is 0.0521. The molecule has 2 amide bonds. The van der Waals surface area contributed by atoms with Crippen molar-refractivity contribution in [3.8, 4) is 5.75 Å². The first-order valence-electron chi connectivity index (χ1n) is 11.6. The number of rotatable bonds is 6. The van der Waals surface area contributed by atoms with Crippen LogP contribution in [0.1, 0.15) is 70.8 Å². The van der Waals surface area contributed by atoms with E-state index in [-0.39, 0.29) is 23.6 Å². The summed E-state index contributed by atoms with van der Waals surface area (Å²) in [4.78, 5) is 27.4. The Morgan fingerprint density at radius 3 is 2.75 bits per heavy atom. The fourth-order valence-corrected chi connectivity index (χ4v) is 4.84. The predicted molar refractivity (Wildman–Crippen MR) is 125 cm³/mol. The van der Waals surface area contributed by atoms with Crippen molar-refractivity contribution in [3.63, 3.8) is 0 Å². The smallest absolute Gasteiger partial charge is 0.251 e. The van der Waals surface area contributed by atoms with Gasteiger partial charge in [-0.15, -0.1) is 0 Å². The second-order valence-electron chi connectivity index (χ2n) is 9.21. The second kappa shape index (κ2) is 9.74. The molecule has 6 nitrogen and oxygen atoms in total. The molecular weight excluding hydrogens is 402 g/mol. The predicted octanol–water partition coefficient (Wildman–Crippen LogP) is 3.61. The molecule has 1 saturated heterocycles. The standard InChI is InChI=1S/C26H33N3O3/c1-17-6-8-20(14-24(17)30)26(32)27-16-18-7-10-22-19(13-18)9-11-23(22)28-25(31)15-21-5-3-4-12-29(21)2/h6-8,10,13-14,21,23,30H,3-5,9,11-12,15-16H2,1-2H3,(H,27,32)(H,28,31)/t21-,23-/m0/s1. The lowest BCUT2D eigenvalue weighted by molar-refractivity contribution is -0.123. The van der Waals surface area contributed by atoms with E-state index in [1.54, 1.807) is 19.1 Å². The van der Waals surface area contributed by atoms with Gasteiger partial charge in [0, 0.05) is 24.6 Å². The van der Waals surface area contributed by atoms with Crippen molar-refractivity contribution in [1.82, 2.24) is 15.5 Å². The van der Waals surface area contributed by atoms with E-state index in [0.717, 1.165) is 36.9 Å². The van der Waals surface area contributed by atoms with Gasteiger partial charge >= 0.3 is 0 Å². The van der Waals surface area contributed by atoms with E-state index in [4.69, 9.17) is 0 Å². The van der Waals surface area contributed by atoms with Crippen LogP contribution in [0.2, 0.25) is 0 Å². The van der Waals surface area contributed by atoms with Gasteiger partial charge in [-0.3, -0.25) is 9.59 Å². The molecule has 170 valence electrons. The highest BCUT2D eigenvalue weighted by molar-refractivity contribution is 5.94. The number of hydrogen-bond acceptors (Lipinski definition) is 4. The van der Waals surface area contributed by atoms with E-state index >= 15 is 0 Å². The molecular formula is C26H33N3O3. The highest BCUT2D eigenvalue weighted by atomic mass is 16.3. The number of hydrogen-bond donors (Lipinski definition) is 3. The lowest BCUT2D eigenvalue weighted by Gasteiger charge is -2.32. The van der Waals surface area contributed by atoms with Crippen LogP contribution in [-0.4, -0.2) is 41.5 Å². The minimum Gasteiger partial charge on any atom is -0.508 e. The van der Waals surface area contributed by atoms with Crippen LogP contribution in [0.5, 0.6) is 5.75 Å². The molecule has 1 aliphatic carbocycles. The van der Waals surface area contributed by atoms with Crippen LogP contribution < -0.4 is 10.6 Å². The van der Waals surface area contributed by atoms with Gasteiger partial charge in [0.25, 0.3) is 5.91 Å². The summed E-state index contributed by atoms with van der Waals surface area (Å²) in [5.41, 5.74) is 4.65. The molecule has 32 heavy (non-hydrogen) atoms. The first kappa shape index (κ1) is 22.3. The van der Waals surface area contributed by atoms with Gasteiger partial charge in [-0.2, -0.15) is 0 Å². The summed E-state index contributed by atoms with van der Waals surface area (Å²) in [6.45, 7) is 3.30. The van der Waals surface area contributed by atoms with Gasteiger partial charge in [-0.25, -0.2) is 0 Å². The van der Waals surface area contributed by atoms with Crippen molar-refractivity contribution in [2.45, 2.75) is 64.1 Å². The largest absolute Gasteiger partial charge is 0.508 e. The van der Waals surface area contributed by atoms with Crippen LogP contribution >= 0.6 is 0 Å². The summed E-state index contributed by atoms with van der Waals surface area (Å²) in [7, 11) is 2.11. The molecule has 0 aromatic heterocycles. The summed E-state index contributed by atoms with van der Waals surface area (Å²) in [6.07, 6.45) is 5.95. The Balaban J connectivity index is 1.32. The first-order valence-corrected chi connectivity index (χ1v) is 11.6. The van der Waals surface area contributed by atoms with E-state index in [9.17, 15) is 14.7 Å². The molecule has 1 aliphatic heterocycles. The fraction of sp³-hybridized carbons (Fsp3) is 0.462. The Hall–Kier alpha value is -2.86. The summed E-state index contributed by atoms with van der Waals surface area (Å²) < 4.78 is 0. The van der Waals surface area contributed by atoms with Gasteiger partial charge in [0.1, 0.15) is 5.75 Å². The molecule has 0 saturated carbocycles. The van der Waals surface area contributed by atoms with Crippen molar-refractivity contribution in [3.05, 3.63) is 64.2 Å². The van der Waals surface area contributed by atoms with Crippen molar-refractivity contribution in [2.24, 2.45) is 0 Å². The zero-order valence-corrected chi connectivity index (χ0v) is 19.0. The van der Waals surface area contributed by atoms with Crippen molar-refractivity contribution < 1.29 is 14.7 Å². The number of phenols is 1. The van der Waals surface area contributed by atoms with Gasteiger partial charge in [0.2, 0.25) is 5.91 Å². The Kier molecular flexibility index (Phi) is 6.80. The molecule has 2 atom stereocenters. The molecule has 4 rings (SSSR count). The molecule has 2 aromatic carbocycles. The summed E-state index contributed by atoms with van der Waals surface area (Å²) in [6, 6.07) is 11.6. The maximum atomic E-state index is 12.6. The Morgan fingerprint density at radius 1 is 1.12 bits per heavy atom. The summed E-state index contributed by atoms with van der Waals surface area (Å²) in [5, 5.41) is 16.0. The third-order valence-electron chi connectivity index (χ3n) is 6.89. The lowest BCUT2D eigenvalue weighted by atomic mass is 9.99. The van der Waals surface area contributed by atoms with Gasteiger partial charge in [-0.05, 0) is 80.6 Å². The van der Waals surface area contributed by atoms with E-state index in [1.165, 1.54) is 30.0 Å². The number of fused-ring (bicyclic) bond motifs is 1. The van der Waals surface area contributed by atoms with Crippen LogP contribution in [0.4, 0.5) is 0 Å². The molecule has 3 N–H and O–H groups in total. The maximum absolute atomic E-state index is 12.6. The number of likely N-dealkylation sites (tertiary alicyclic amines) is 1. The second-order valence-corrected chi connectivity index (χ2v) is 9.21. The number of carbonyl (C=O) groups is 2. The lowest BCUT2D eigenvalue weighted by Crippen LogP contribution is -2.40. The van der Waals surface area contributed by atoms with Crippen molar-refractivity contribution in [1.29, 1.82) is 0 Å². The van der Waals surface area contributed by atoms with Gasteiger partial charge in [0.05, 0.1) is 6.04 Å². The maximum Gasteiger partial charge on any atom is 0.251 e. The monoisotopic (exact) mass is 435 g/mol. The number of piperidine rings is 1. The molecule has 2 aromatic rings. The number of nitrogens with zero attached hydrogens (tertiary/aromatic N) is 1. The number of aromatic hydroxyl groups is 1. The molecule has 6 heteroatoms. The average molecular weight is 436 g/mol. The molecule has 0 bridgehead atoms. The minimum absolute atomic E-state index is 0.0746. The third kappa shape index (κ3) is 5.13. The van der Waals surface area contributed by atoms with Crippen molar-refractivity contribution >= 4 is 11.8 Å². The van der Waals surface area contributed by atoms with E-state index in [2.05, 4.69) is 34.7 Å². The number of nitrogens with one attached hydrogen (secondary N) is 2. The van der Waals surface area contributed by atoms with Crippen LogP contribution in [0, 0.1) is 6.92 Å². The number of benzene rings is 2. The number of aryl methyl sites for hydroxylation is 2. The SMILES string of the molecule is Cc1ccc(C(=O)NCc2ccc3c(c2)CC[C@@H]3NC(=O)C[C@@H]2CCCCN2C)cc1O. The average Bonchev–Trinajstić information content (AvgIpc) is 3.17. The number of phenolic OH excluding ortho intramolecular Hbond substituents is 1. The van der Waals surface area contributed by atoms with E-state index in [1.807, 2.05) is 6.07 Å². The van der Waals surface area contributed by atoms with Gasteiger partial charge < -0.3 is 20.6 Å². The van der Waals surface area contributed by atoms with Crippen LogP contribution in [0.25, 0.3) is 0 Å². The van der Waals surface area contributed by atoms with Crippen LogP contribution in [0.3, 0.4) is 0 Å². The Labute approximate surface area is 190 Å². The Bertz CT molecular complexity index is 1000.